The molecule has 8 heteroatoms. The third-order valence-electron chi connectivity index (χ3n) is 6.14. The standard InChI is InChI=1S/C24H29F2N3O2.CH3F/c1-29(2)13-12-27-24(30)20-11-9-17-21(15-6-4-3-5-7-15)28-19-10-8-16(23(25)26)14-18(19)22(17)31-20;1-2/h3-8,10,14,17,20-23,28H,9,11-13H2,1-2H3,(H,27,30);1H3/t17?,20?,21-,22?;/m0./s1. The lowest BCUT2D eigenvalue weighted by molar-refractivity contribution is -0.149. The van der Waals surface area contributed by atoms with Gasteiger partial charge in [0.1, 0.15) is 6.10 Å². The average Bonchev–Trinajstić information content (AvgIpc) is 2.84. The molecule has 0 spiro atoms. The van der Waals surface area contributed by atoms with E-state index in [0.717, 1.165) is 24.2 Å². The quantitative estimate of drug-likeness (QED) is 0.641. The molecule has 4 atom stereocenters. The zero-order valence-corrected chi connectivity index (χ0v) is 19.2. The van der Waals surface area contributed by atoms with Crippen LogP contribution in [0.4, 0.5) is 18.9 Å². The normalized spacial score (nSPS) is 23.6. The molecule has 1 amide bonds. The summed E-state index contributed by atoms with van der Waals surface area (Å²) in [5.74, 6) is -0.0877. The van der Waals surface area contributed by atoms with Crippen LogP contribution in [0.2, 0.25) is 0 Å². The molecule has 2 N–H and O–H groups in total. The Hall–Kier alpha value is -2.58. The topological polar surface area (TPSA) is 53.6 Å². The molecule has 33 heavy (non-hydrogen) atoms. The van der Waals surface area contributed by atoms with Crippen molar-refractivity contribution >= 4 is 11.6 Å². The molecule has 3 unspecified atom stereocenters. The number of likely N-dealkylation sites (N-methyl/N-ethyl adjacent to an activating group) is 1. The number of anilines is 1. The number of amides is 1. The van der Waals surface area contributed by atoms with Crippen LogP contribution in [0, 0.1) is 5.92 Å². The van der Waals surface area contributed by atoms with Gasteiger partial charge in [-0.05, 0) is 44.6 Å². The highest BCUT2D eigenvalue weighted by Crippen LogP contribution is 2.50. The summed E-state index contributed by atoms with van der Waals surface area (Å²) >= 11 is 0. The van der Waals surface area contributed by atoms with Gasteiger partial charge in [0, 0.05) is 35.8 Å². The van der Waals surface area contributed by atoms with E-state index < -0.39 is 18.6 Å². The van der Waals surface area contributed by atoms with Crippen LogP contribution in [0.5, 0.6) is 0 Å². The van der Waals surface area contributed by atoms with Crippen LogP contribution in [0.25, 0.3) is 0 Å². The molecular formula is C25H32F3N3O2. The van der Waals surface area contributed by atoms with Gasteiger partial charge in [0.25, 0.3) is 6.43 Å². The summed E-state index contributed by atoms with van der Waals surface area (Å²) in [7, 11) is 4.40. The Bertz CT molecular complexity index is 911. The van der Waals surface area contributed by atoms with Crippen LogP contribution in [-0.4, -0.2) is 51.3 Å². The molecule has 0 radical (unpaired) electrons. The number of benzene rings is 2. The van der Waals surface area contributed by atoms with Gasteiger partial charge in [-0.2, -0.15) is 0 Å². The molecule has 180 valence electrons. The molecule has 2 aromatic carbocycles. The highest BCUT2D eigenvalue weighted by molar-refractivity contribution is 5.81. The summed E-state index contributed by atoms with van der Waals surface area (Å²) in [6.45, 7) is 1.28. The van der Waals surface area contributed by atoms with Crippen molar-refractivity contribution < 1.29 is 22.7 Å². The number of carbonyl (C=O) groups excluding carboxylic acids is 1. The number of ether oxygens (including phenoxy) is 1. The fraction of sp³-hybridized carbons (Fsp3) is 0.480. The van der Waals surface area contributed by atoms with E-state index in [9.17, 15) is 18.0 Å². The molecule has 2 heterocycles. The molecule has 0 aliphatic carbocycles. The Labute approximate surface area is 193 Å². The van der Waals surface area contributed by atoms with Gasteiger partial charge >= 0.3 is 0 Å². The number of nitrogens with zero attached hydrogens (tertiary/aromatic N) is 1. The first-order chi connectivity index (χ1) is 15.9. The number of alkyl halides is 3. The molecule has 1 fully saturated rings. The molecule has 1 saturated heterocycles. The monoisotopic (exact) mass is 463 g/mol. The lowest BCUT2D eigenvalue weighted by Gasteiger charge is -2.45. The van der Waals surface area contributed by atoms with Gasteiger partial charge in [0.05, 0.1) is 19.3 Å². The molecule has 2 aliphatic rings. The minimum atomic E-state index is -2.55. The highest BCUT2D eigenvalue weighted by atomic mass is 19.3. The summed E-state index contributed by atoms with van der Waals surface area (Å²) in [5, 5.41) is 6.47. The smallest absolute Gasteiger partial charge is 0.263 e. The largest absolute Gasteiger partial charge is 0.378 e. The number of halogens is 3. The summed E-state index contributed by atoms with van der Waals surface area (Å²) in [6.07, 6.45) is -2.19. The number of fused-ring (bicyclic) bond motifs is 3. The van der Waals surface area contributed by atoms with E-state index in [1.165, 1.54) is 12.1 Å². The van der Waals surface area contributed by atoms with Gasteiger partial charge < -0.3 is 20.3 Å². The average molecular weight is 464 g/mol. The van der Waals surface area contributed by atoms with Gasteiger partial charge in [-0.15, -0.1) is 0 Å². The van der Waals surface area contributed by atoms with Crippen LogP contribution in [0.15, 0.2) is 48.5 Å². The van der Waals surface area contributed by atoms with Crippen LogP contribution in [0.1, 0.15) is 48.1 Å². The van der Waals surface area contributed by atoms with Crippen LogP contribution in [0.3, 0.4) is 0 Å². The van der Waals surface area contributed by atoms with Crippen molar-refractivity contribution in [3.8, 4) is 0 Å². The highest BCUT2D eigenvalue weighted by Gasteiger charge is 2.44. The zero-order valence-electron chi connectivity index (χ0n) is 19.2. The second-order valence-corrected chi connectivity index (χ2v) is 8.56. The zero-order chi connectivity index (χ0) is 24.0. The summed E-state index contributed by atoms with van der Waals surface area (Å²) in [6, 6.07) is 14.8. The Morgan fingerprint density at radius 2 is 1.88 bits per heavy atom. The fourth-order valence-electron chi connectivity index (χ4n) is 4.55. The molecule has 2 aliphatic heterocycles. The molecule has 0 aromatic heterocycles. The minimum absolute atomic E-state index is 0.00569. The Kier molecular flexibility index (Phi) is 8.74. The van der Waals surface area contributed by atoms with Crippen molar-refractivity contribution in [1.82, 2.24) is 10.2 Å². The Balaban J connectivity index is 0.00000149. The second kappa shape index (κ2) is 11.5. The first-order valence-corrected chi connectivity index (χ1v) is 11.1. The Morgan fingerprint density at radius 3 is 2.55 bits per heavy atom. The van der Waals surface area contributed by atoms with Crippen molar-refractivity contribution in [3.05, 3.63) is 65.2 Å². The van der Waals surface area contributed by atoms with E-state index in [-0.39, 0.29) is 23.4 Å². The predicted octanol–water partition coefficient (Wildman–Crippen LogP) is 4.89. The summed E-state index contributed by atoms with van der Waals surface area (Å²) in [4.78, 5) is 14.7. The number of hydrogen-bond acceptors (Lipinski definition) is 4. The summed E-state index contributed by atoms with van der Waals surface area (Å²) in [5.41, 5.74) is 2.59. The van der Waals surface area contributed by atoms with Crippen molar-refractivity contribution in [3.63, 3.8) is 0 Å². The SMILES string of the molecule is CF.CN(C)CCNC(=O)C1CCC2C(O1)c1cc(C(F)F)ccc1N[C@H]2c1ccccc1. The predicted molar refractivity (Wildman–Crippen MR) is 123 cm³/mol. The third-order valence-corrected chi connectivity index (χ3v) is 6.14. The Morgan fingerprint density at radius 1 is 1.15 bits per heavy atom. The van der Waals surface area contributed by atoms with E-state index in [1.807, 2.05) is 37.2 Å². The van der Waals surface area contributed by atoms with Crippen molar-refractivity contribution in [1.29, 1.82) is 0 Å². The molecule has 4 rings (SSSR count). The molecule has 0 bridgehead atoms. The van der Waals surface area contributed by atoms with Crippen LogP contribution >= 0.6 is 0 Å². The number of hydrogen-bond donors (Lipinski definition) is 2. The number of carbonyl (C=O) groups is 1. The molecule has 5 nitrogen and oxygen atoms in total. The van der Waals surface area contributed by atoms with Crippen molar-refractivity contribution in [2.24, 2.45) is 5.92 Å². The maximum atomic E-state index is 13.4. The van der Waals surface area contributed by atoms with E-state index in [0.29, 0.717) is 25.7 Å². The van der Waals surface area contributed by atoms with Gasteiger partial charge in [-0.3, -0.25) is 9.18 Å². The van der Waals surface area contributed by atoms with Crippen LogP contribution in [-0.2, 0) is 9.53 Å². The second-order valence-electron chi connectivity index (χ2n) is 8.56. The maximum Gasteiger partial charge on any atom is 0.263 e. The van der Waals surface area contributed by atoms with Gasteiger partial charge in [0.2, 0.25) is 5.91 Å². The molecular weight excluding hydrogens is 431 g/mol. The van der Waals surface area contributed by atoms with Crippen molar-refractivity contribution in [2.45, 2.75) is 37.5 Å². The van der Waals surface area contributed by atoms with E-state index >= 15 is 0 Å². The fourth-order valence-corrected chi connectivity index (χ4v) is 4.55. The number of rotatable bonds is 6. The van der Waals surface area contributed by atoms with Gasteiger partial charge in [-0.1, -0.05) is 36.4 Å². The lowest BCUT2D eigenvalue weighted by atomic mass is 9.76. The third kappa shape index (κ3) is 5.86. The van der Waals surface area contributed by atoms with Crippen molar-refractivity contribution in [2.75, 3.05) is 39.7 Å². The molecule has 2 aromatic rings. The summed E-state index contributed by atoms with van der Waals surface area (Å²) < 4.78 is 42.6. The minimum Gasteiger partial charge on any atom is -0.378 e. The van der Waals surface area contributed by atoms with Gasteiger partial charge in [-0.25, -0.2) is 8.78 Å². The maximum absolute atomic E-state index is 13.4. The first-order valence-electron chi connectivity index (χ1n) is 11.1. The first kappa shape index (κ1) is 25.1. The van der Waals surface area contributed by atoms with E-state index in [2.05, 4.69) is 22.8 Å². The number of nitrogens with one attached hydrogen (secondary N) is 2. The lowest BCUT2D eigenvalue weighted by Crippen LogP contribution is -2.46. The van der Waals surface area contributed by atoms with Gasteiger partial charge in [0.15, 0.2) is 0 Å². The van der Waals surface area contributed by atoms with E-state index in [4.69, 9.17) is 4.74 Å². The van der Waals surface area contributed by atoms with Crippen LogP contribution < -0.4 is 10.6 Å². The van der Waals surface area contributed by atoms with E-state index in [1.54, 1.807) is 6.07 Å². The molecule has 0 saturated carbocycles.